The molecule has 3 heterocycles. The summed E-state index contributed by atoms with van der Waals surface area (Å²) >= 11 is 0. The number of hydrogen-bond donors (Lipinski definition) is 0. The van der Waals surface area contributed by atoms with Crippen molar-refractivity contribution in [1.82, 2.24) is 14.8 Å². The van der Waals surface area contributed by atoms with Crippen molar-refractivity contribution < 1.29 is 35.2 Å². The molecule has 0 saturated carbocycles. The van der Waals surface area contributed by atoms with Gasteiger partial charge in [0.15, 0.2) is 21.5 Å². The van der Waals surface area contributed by atoms with Gasteiger partial charge in [-0.1, -0.05) is 6.07 Å². The number of anilines is 1. The highest BCUT2D eigenvalue weighted by atomic mass is 32.2. The maximum Gasteiger partial charge on any atom is 0.417 e. The molecule has 1 aromatic carbocycles. The highest BCUT2D eigenvalue weighted by Crippen LogP contribution is 2.33. The quantitative estimate of drug-likeness (QED) is 0.543. The number of halogens is 5. The molecule has 1 atom stereocenters. The van der Waals surface area contributed by atoms with Gasteiger partial charge in [0.25, 0.3) is 0 Å². The number of benzene rings is 1. The number of amides is 2. The first kappa shape index (κ1) is 26.1. The van der Waals surface area contributed by atoms with Crippen molar-refractivity contribution in [2.45, 2.75) is 49.5 Å². The van der Waals surface area contributed by atoms with Crippen LogP contribution >= 0.6 is 0 Å². The average molecular weight is 533 g/mol. The maximum absolute atomic E-state index is 14.5. The molecule has 2 fully saturated rings. The lowest BCUT2D eigenvalue weighted by Gasteiger charge is -2.37. The largest absolute Gasteiger partial charge is 0.417 e. The number of carbonyl (C=O) groups is 1. The number of hydrogen-bond acceptors (Lipinski definition) is 5. The van der Waals surface area contributed by atoms with E-state index in [1.165, 1.54) is 17.0 Å². The SMILES string of the molecule is CC1CN(C2CCN(c3ncc(C(F)(F)F)cc3F)CC2)C(=O)N1Cc1ccc(S(C)(=O)=O)cc1F. The Balaban J connectivity index is 1.40. The Morgan fingerprint density at radius 2 is 1.75 bits per heavy atom. The highest BCUT2D eigenvalue weighted by molar-refractivity contribution is 7.90. The molecule has 1 aromatic heterocycles. The number of aromatic nitrogens is 1. The second kappa shape index (κ2) is 9.49. The van der Waals surface area contributed by atoms with Crippen LogP contribution in [0.1, 0.15) is 30.9 Å². The summed E-state index contributed by atoms with van der Waals surface area (Å²) in [6.45, 7) is 2.82. The molecule has 0 spiro atoms. The molecule has 7 nitrogen and oxygen atoms in total. The Morgan fingerprint density at radius 3 is 2.31 bits per heavy atom. The molecule has 196 valence electrons. The molecule has 0 aliphatic carbocycles. The lowest BCUT2D eigenvalue weighted by atomic mass is 10.0. The lowest BCUT2D eigenvalue weighted by molar-refractivity contribution is -0.138. The molecule has 13 heteroatoms. The van der Waals surface area contributed by atoms with E-state index in [4.69, 9.17) is 0 Å². The molecule has 2 aliphatic rings. The summed E-state index contributed by atoms with van der Waals surface area (Å²) in [5.74, 6) is -1.92. The van der Waals surface area contributed by atoms with Gasteiger partial charge in [-0.15, -0.1) is 0 Å². The Kier molecular flexibility index (Phi) is 6.88. The minimum absolute atomic E-state index is 0.0219. The monoisotopic (exact) mass is 532 g/mol. The molecular weight excluding hydrogens is 507 g/mol. The lowest BCUT2D eigenvalue weighted by Crippen LogP contribution is -2.47. The van der Waals surface area contributed by atoms with Crippen molar-refractivity contribution in [2.24, 2.45) is 0 Å². The van der Waals surface area contributed by atoms with Gasteiger partial charge < -0.3 is 14.7 Å². The molecule has 0 N–H and O–H groups in total. The fourth-order valence-electron chi connectivity index (χ4n) is 4.62. The van der Waals surface area contributed by atoms with Crippen LogP contribution in [-0.4, -0.2) is 67.2 Å². The zero-order valence-electron chi connectivity index (χ0n) is 19.6. The number of alkyl halides is 3. The van der Waals surface area contributed by atoms with E-state index in [9.17, 15) is 35.2 Å². The Labute approximate surface area is 205 Å². The number of carbonyl (C=O) groups excluding carboxylic acids is 1. The zero-order valence-corrected chi connectivity index (χ0v) is 20.4. The van der Waals surface area contributed by atoms with Gasteiger partial charge in [0.05, 0.1) is 17.0 Å². The third-order valence-electron chi connectivity index (χ3n) is 6.63. The van der Waals surface area contributed by atoms with Gasteiger partial charge in [-0.3, -0.25) is 0 Å². The molecule has 2 amide bonds. The molecule has 1 unspecified atom stereocenters. The summed E-state index contributed by atoms with van der Waals surface area (Å²) in [5.41, 5.74) is -0.958. The van der Waals surface area contributed by atoms with Crippen molar-refractivity contribution in [3.05, 3.63) is 53.2 Å². The molecule has 2 saturated heterocycles. The van der Waals surface area contributed by atoms with Gasteiger partial charge in [0.2, 0.25) is 0 Å². The first-order chi connectivity index (χ1) is 16.8. The predicted molar refractivity (Wildman–Crippen MR) is 121 cm³/mol. The average Bonchev–Trinajstić information content (AvgIpc) is 3.07. The van der Waals surface area contributed by atoms with E-state index < -0.39 is 33.2 Å². The Hall–Kier alpha value is -2.96. The highest BCUT2D eigenvalue weighted by Gasteiger charge is 2.40. The molecule has 4 rings (SSSR count). The van der Waals surface area contributed by atoms with Crippen molar-refractivity contribution >= 4 is 21.7 Å². The minimum Gasteiger partial charge on any atom is -0.354 e. The maximum atomic E-state index is 14.5. The Morgan fingerprint density at radius 1 is 1.08 bits per heavy atom. The number of pyridine rings is 1. The van der Waals surface area contributed by atoms with E-state index >= 15 is 0 Å². The molecular formula is C23H25F5N4O3S. The predicted octanol–water partition coefficient (Wildman–Crippen LogP) is 4.08. The Bertz CT molecular complexity index is 1260. The number of rotatable bonds is 5. The fourth-order valence-corrected chi connectivity index (χ4v) is 5.25. The molecule has 36 heavy (non-hydrogen) atoms. The summed E-state index contributed by atoms with van der Waals surface area (Å²) in [7, 11) is -3.56. The third-order valence-corrected chi connectivity index (χ3v) is 7.74. The van der Waals surface area contributed by atoms with Gasteiger partial charge in [0.1, 0.15) is 5.82 Å². The summed E-state index contributed by atoms with van der Waals surface area (Å²) in [5, 5.41) is 0. The number of sulfone groups is 1. The fraction of sp³-hybridized carbons (Fsp3) is 0.478. The van der Waals surface area contributed by atoms with Gasteiger partial charge in [-0.25, -0.2) is 27.0 Å². The topological polar surface area (TPSA) is 73.8 Å². The van der Waals surface area contributed by atoms with Crippen molar-refractivity contribution in [2.75, 3.05) is 30.8 Å². The van der Waals surface area contributed by atoms with Gasteiger partial charge in [0, 0.05) is 49.7 Å². The van der Waals surface area contributed by atoms with E-state index in [1.54, 1.807) is 9.80 Å². The number of piperidine rings is 1. The summed E-state index contributed by atoms with van der Waals surface area (Å²) in [6.07, 6.45) is -2.16. The standard InChI is InChI=1S/C23H25F5N4O3S/c1-14-12-32(22(33)31(14)13-15-3-4-18(10-19(15)24)36(2,34)35)17-5-7-30(8-6-17)21-20(25)9-16(11-29-21)23(26,27)28/h3-4,9-11,14,17H,5-8,12-13H2,1-2H3. The summed E-state index contributed by atoms with van der Waals surface area (Å²) < 4.78 is 90.5. The van der Waals surface area contributed by atoms with Crippen LogP contribution < -0.4 is 4.90 Å². The normalized spacial score (nSPS) is 19.9. The zero-order chi connectivity index (χ0) is 26.4. The molecule has 2 aromatic rings. The molecule has 0 bridgehead atoms. The van der Waals surface area contributed by atoms with Gasteiger partial charge >= 0.3 is 12.2 Å². The summed E-state index contributed by atoms with van der Waals surface area (Å²) in [6, 6.07) is 3.36. The van der Waals surface area contributed by atoms with Gasteiger partial charge in [-0.05, 0) is 38.0 Å². The van der Waals surface area contributed by atoms with Crippen molar-refractivity contribution in [3.63, 3.8) is 0 Å². The second-order valence-electron chi connectivity index (χ2n) is 9.18. The van der Waals surface area contributed by atoms with E-state index in [0.717, 1.165) is 12.3 Å². The van der Waals surface area contributed by atoms with Gasteiger partial charge in [-0.2, -0.15) is 13.2 Å². The van der Waals surface area contributed by atoms with Crippen LogP contribution in [0.2, 0.25) is 0 Å². The second-order valence-corrected chi connectivity index (χ2v) is 11.2. The van der Waals surface area contributed by atoms with Crippen LogP contribution in [0.3, 0.4) is 0 Å². The van der Waals surface area contributed by atoms with Crippen LogP contribution in [0.5, 0.6) is 0 Å². The van der Waals surface area contributed by atoms with Crippen molar-refractivity contribution in [1.29, 1.82) is 0 Å². The number of nitrogens with zero attached hydrogens (tertiary/aromatic N) is 4. The first-order valence-electron chi connectivity index (χ1n) is 11.3. The molecule has 2 aliphatic heterocycles. The molecule has 0 radical (unpaired) electrons. The number of urea groups is 1. The van der Waals surface area contributed by atoms with E-state index in [2.05, 4.69) is 4.98 Å². The van der Waals surface area contributed by atoms with Crippen LogP contribution in [-0.2, 0) is 22.6 Å². The third kappa shape index (κ3) is 5.25. The van der Waals surface area contributed by atoms with Crippen molar-refractivity contribution in [3.8, 4) is 0 Å². The van der Waals surface area contributed by atoms with Crippen LogP contribution in [0.15, 0.2) is 35.4 Å². The van der Waals surface area contributed by atoms with E-state index in [0.29, 0.717) is 44.7 Å². The van der Waals surface area contributed by atoms with Crippen LogP contribution in [0, 0.1) is 11.6 Å². The van der Waals surface area contributed by atoms with Crippen LogP contribution in [0.4, 0.5) is 32.6 Å². The van der Waals surface area contributed by atoms with E-state index in [1.807, 2.05) is 6.92 Å². The van der Waals surface area contributed by atoms with Crippen LogP contribution in [0.25, 0.3) is 0 Å². The van der Waals surface area contributed by atoms with E-state index in [-0.39, 0.29) is 40.9 Å². The minimum atomic E-state index is -4.68. The summed E-state index contributed by atoms with van der Waals surface area (Å²) in [4.78, 5) is 21.4. The smallest absolute Gasteiger partial charge is 0.354 e. The first-order valence-corrected chi connectivity index (χ1v) is 13.2.